The number of carbonyl (C=O) groups is 1. The van der Waals surface area contributed by atoms with Crippen LogP contribution >= 0.6 is 11.3 Å². The van der Waals surface area contributed by atoms with Gasteiger partial charge < -0.3 is 14.8 Å². The van der Waals surface area contributed by atoms with Gasteiger partial charge in [-0.05, 0) is 42.8 Å². The maximum atomic E-state index is 12.1. The summed E-state index contributed by atoms with van der Waals surface area (Å²) in [6.07, 6.45) is 0.876. The molecule has 3 aromatic rings. The SMILES string of the molecule is COc1ccc(OCCCC(=O)Nc2nc(-c3ccc([N+](=O)[O-])cc3)cs2)cc1. The number of carbonyl (C=O) groups excluding carboxylic acids is 1. The molecule has 1 heterocycles. The normalized spacial score (nSPS) is 10.4. The Balaban J connectivity index is 1.44. The largest absolute Gasteiger partial charge is 0.497 e. The molecule has 0 aliphatic rings. The van der Waals surface area contributed by atoms with Crippen molar-refractivity contribution in [2.75, 3.05) is 19.0 Å². The summed E-state index contributed by atoms with van der Waals surface area (Å²) in [5.74, 6) is 1.33. The number of aromatic nitrogens is 1. The first-order valence-corrected chi connectivity index (χ1v) is 9.70. The van der Waals surface area contributed by atoms with E-state index in [-0.39, 0.29) is 11.6 Å². The zero-order valence-electron chi connectivity index (χ0n) is 15.7. The fourth-order valence-electron chi connectivity index (χ4n) is 2.49. The lowest BCUT2D eigenvalue weighted by Crippen LogP contribution is -2.12. The minimum atomic E-state index is -0.450. The molecule has 0 aliphatic carbocycles. The van der Waals surface area contributed by atoms with Gasteiger partial charge in [0.15, 0.2) is 5.13 Å². The number of ether oxygens (including phenoxy) is 2. The highest BCUT2D eigenvalue weighted by atomic mass is 32.1. The number of non-ortho nitro benzene ring substituents is 1. The Kier molecular flexibility index (Phi) is 6.75. The van der Waals surface area contributed by atoms with Crippen molar-refractivity contribution < 1.29 is 19.2 Å². The van der Waals surface area contributed by atoms with Gasteiger partial charge in [-0.3, -0.25) is 14.9 Å². The first-order chi connectivity index (χ1) is 14.0. The van der Waals surface area contributed by atoms with E-state index < -0.39 is 4.92 Å². The molecule has 2 aromatic carbocycles. The molecule has 8 nitrogen and oxygen atoms in total. The van der Waals surface area contributed by atoms with Crippen molar-refractivity contribution >= 4 is 28.1 Å². The van der Waals surface area contributed by atoms with Gasteiger partial charge in [-0.1, -0.05) is 0 Å². The number of nitrogens with one attached hydrogen (secondary N) is 1. The van der Waals surface area contributed by atoms with Crippen molar-refractivity contribution in [1.82, 2.24) is 4.98 Å². The van der Waals surface area contributed by atoms with E-state index in [9.17, 15) is 14.9 Å². The third-order valence-electron chi connectivity index (χ3n) is 4.00. The lowest BCUT2D eigenvalue weighted by molar-refractivity contribution is -0.384. The quantitative estimate of drug-likeness (QED) is 0.314. The maximum absolute atomic E-state index is 12.1. The second kappa shape index (κ2) is 9.65. The van der Waals surface area contributed by atoms with Gasteiger partial charge in [-0.25, -0.2) is 4.98 Å². The molecule has 29 heavy (non-hydrogen) atoms. The lowest BCUT2D eigenvalue weighted by Gasteiger charge is -2.07. The Morgan fingerprint density at radius 1 is 1.14 bits per heavy atom. The molecule has 1 aromatic heterocycles. The smallest absolute Gasteiger partial charge is 0.269 e. The average Bonchev–Trinajstić information content (AvgIpc) is 3.20. The van der Waals surface area contributed by atoms with Crippen LogP contribution in [0.2, 0.25) is 0 Å². The van der Waals surface area contributed by atoms with Gasteiger partial charge >= 0.3 is 0 Å². The van der Waals surface area contributed by atoms with Crippen LogP contribution < -0.4 is 14.8 Å². The molecule has 9 heteroatoms. The second-order valence-corrected chi connectivity index (χ2v) is 6.88. The third-order valence-corrected chi connectivity index (χ3v) is 4.76. The monoisotopic (exact) mass is 413 g/mol. The van der Waals surface area contributed by atoms with Crippen LogP contribution in [0.1, 0.15) is 12.8 Å². The zero-order chi connectivity index (χ0) is 20.6. The topological polar surface area (TPSA) is 104 Å². The number of amides is 1. The van der Waals surface area contributed by atoms with Crippen LogP contribution in [0.25, 0.3) is 11.3 Å². The summed E-state index contributed by atoms with van der Waals surface area (Å²) in [4.78, 5) is 26.7. The highest BCUT2D eigenvalue weighted by molar-refractivity contribution is 7.14. The number of methoxy groups -OCH3 is 1. The van der Waals surface area contributed by atoms with Crippen LogP contribution in [-0.2, 0) is 4.79 Å². The average molecular weight is 413 g/mol. The van der Waals surface area contributed by atoms with E-state index in [0.717, 1.165) is 17.1 Å². The van der Waals surface area contributed by atoms with Gasteiger partial charge in [-0.2, -0.15) is 0 Å². The van der Waals surface area contributed by atoms with Gasteiger partial charge in [0, 0.05) is 29.5 Å². The van der Waals surface area contributed by atoms with Crippen molar-refractivity contribution in [3.8, 4) is 22.8 Å². The Bertz CT molecular complexity index is 971. The zero-order valence-corrected chi connectivity index (χ0v) is 16.5. The number of hydrogen-bond acceptors (Lipinski definition) is 7. The summed E-state index contributed by atoms with van der Waals surface area (Å²) in [5.41, 5.74) is 1.43. The van der Waals surface area contributed by atoms with Gasteiger partial charge in [0.05, 0.1) is 24.3 Å². The summed E-state index contributed by atoms with van der Waals surface area (Å²) in [5, 5.41) is 15.8. The highest BCUT2D eigenvalue weighted by Gasteiger charge is 2.10. The maximum Gasteiger partial charge on any atom is 0.269 e. The van der Waals surface area contributed by atoms with Crippen molar-refractivity contribution in [1.29, 1.82) is 0 Å². The van der Waals surface area contributed by atoms with Crippen molar-refractivity contribution in [3.05, 3.63) is 64.0 Å². The number of thiazole rings is 1. The van der Waals surface area contributed by atoms with Crippen molar-refractivity contribution in [2.45, 2.75) is 12.8 Å². The van der Waals surface area contributed by atoms with Crippen molar-refractivity contribution in [3.63, 3.8) is 0 Å². The predicted molar refractivity (Wildman–Crippen MR) is 111 cm³/mol. The van der Waals surface area contributed by atoms with E-state index in [1.54, 1.807) is 24.6 Å². The van der Waals surface area contributed by atoms with Gasteiger partial charge in [-0.15, -0.1) is 11.3 Å². The molecule has 0 saturated heterocycles. The van der Waals surface area contributed by atoms with Crippen LogP contribution in [0, 0.1) is 10.1 Å². The number of nitrogens with zero attached hydrogens (tertiary/aromatic N) is 2. The molecule has 0 fully saturated rings. The fourth-order valence-corrected chi connectivity index (χ4v) is 3.23. The van der Waals surface area contributed by atoms with Gasteiger partial charge in [0.2, 0.25) is 5.91 Å². The highest BCUT2D eigenvalue weighted by Crippen LogP contribution is 2.26. The molecule has 3 rings (SSSR count). The molecule has 0 aliphatic heterocycles. The predicted octanol–water partition coefficient (Wildman–Crippen LogP) is 4.52. The molecule has 0 atom stereocenters. The summed E-state index contributed by atoms with van der Waals surface area (Å²) in [6.45, 7) is 0.422. The number of hydrogen-bond donors (Lipinski definition) is 1. The van der Waals surface area contributed by atoms with Crippen LogP contribution in [0.4, 0.5) is 10.8 Å². The molecule has 1 N–H and O–H groups in total. The Morgan fingerprint density at radius 3 is 2.48 bits per heavy atom. The van der Waals surface area contributed by atoms with E-state index >= 15 is 0 Å². The summed E-state index contributed by atoms with van der Waals surface area (Å²) >= 11 is 1.30. The third kappa shape index (κ3) is 5.76. The van der Waals surface area contributed by atoms with Crippen LogP contribution in [0.3, 0.4) is 0 Å². The molecule has 0 unspecified atom stereocenters. The molecular weight excluding hydrogens is 394 g/mol. The second-order valence-electron chi connectivity index (χ2n) is 6.02. The summed E-state index contributed by atoms with van der Waals surface area (Å²) in [7, 11) is 1.60. The summed E-state index contributed by atoms with van der Waals surface area (Å²) in [6, 6.07) is 13.4. The van der Waals surface area contributed by atoms with Crippen LogP contribution in [0.5, 0.6) is 11.5 Å². The molecule has 150 valence electrons. The molecule has 0 bridgehead atoms. The van der Waals surface area contributed by atoms with Crippen molar-refractivity contribution in [2.24, 2.45) is 0 Å². The van der Waals surface area contributed by atoms with E-state index in [2.05, 4.69) is 10.3 Å². The van der Waals surface area contributed by atoms with Gasteiger partial charge in [0.1, 0.15) is 11.5 Å². The Labute approximate surface area is 171 Å². The lowest BCUT2D eigenvalue weighted by atomic mass is 10.1. The summed E-state index contributed by atoms with van der Waals surface area (Å²) < 4.78 is 10.7. The van der Waals surface area contributed by atoms with E-state index in [1.165, 1.54) is 23.5 Å². The van der Waals surface area contributed by atoms with E-state index in [1.807, 2.05) is 24.3 Å². The first kappa shape index (κ1) is 20.3. The Morgan fingerprint density at radius 2 is 1.83 bits per heavy atom. The number of rotatable bonds is 9. The minimum Gasteiger partial charge on any atom is -0.497 e. The number of anilines is 1. The molecular formula is C20H19N3O5S. The van der Waals surface area contributed by atoms with Crippen LogP contribution in [0.15, 0.2) is 53.9 Å². The van der Waals surface area contributed by atoms with Crippen LogP contribution in [-0.4, -0.2) is 29.5 Å². The van der Waals surface area contributed by atoms with E-state index in [4.69, 9.17) is 9.47 Å². The molecule has 0 radical (unpaired) electrons. The number of nitro benzene ring substituents is 1. The fraction of sp³-hybridized carbons (Fsp3) is 0.200. The van der Waals surface area contributed by atoms with E-state index in [0.29, 0.717) is 30.3 Å². The Hall–Kier alpha value is -3.46. The number of nitro groups is 1. The standard InChI is InChI=1S/C20H19N3O5S/c1-27-16-8-10-17(11-9-16)28-12-2-3-19(24)22-20-21-18(13-29-20)14-4-6-15(7-5-14)23(25)26/h4-11,13H,2-3,12H2,1H3,(H,21,22,24). The molecule has 0 saturated carbocycles. The molecule has 0 spiro atoms. The number of benzene rings is 2. The minimum absolute atomic E-state index is 0.0226. The molecule has 1 amide bonds. The first-order valence-electron chi connectivity index (χ1n) is 8.82. The van der Waals surface area contributed by atoms with Gasteiger partial charge in [0.25, 0.3) is 5.69 Å².